The number of hydrogen-bond donors (Lipinski definition) is 1. The van der Waals surface area contributed by atoms with E-state index in [4.69, 9.17) is 14.9 Å². The molecule has 0 saturated heterocycles. The number of methoxy groups -OCH3 is 1. The molecule has 4 nitrogen and oxygen atoms in total. The molecular formula is C10H9NO3. The molecule has 0 atom stereocenters. The van der Waals surface area contributed by atoms with Crippen molar-refractivity contribution in [3.05, 3.63) is 30.0 Å². The van der Waals surface area contributed by atoms with Gasteiger partial charge in [0.25, 0.3) is 5.91 Å². The van der Waals surface area contributed by atoms with E-state index in [9.17, 15) is 4.79 Å². The normalized spacial score (nSPS) is 10.4. The molecule has 2 rings (SSSR count). The first-order valence-corrected chi connectivity index (χ1v) is 4.08. The minimum absolute atomic E-state index is 0.362. The SMILES string of the molecule is COc1c(C(N)=O)ccc2occc12. The quantitative estimate of drug-likeness (QED) is 0.782. The van der Waals surface area contributed by atoms with Gasteiger partial charge in [-0.25, -0.2) is 0 Å². The third-order valence-corrected chi connectivity index (χ3v) is 2.06. The van der Waals surface area contributed by atoms with E-state index in [1.807, 2.05) is 0 Å². The van der Waals surface area contributed by atoms with Crippen LogP contribution in [0.15, 0.2) is 28.9 Å². The van der Waals surface area contributed by atoms with Crippen LogP contribution in [-0.2, 0) is 0 Å². The van der Waals surface area contributed by atoms with Crippen molar-refractivity contribution in [2.75, 3.05) is 7.11 Å². The maximum absolute atomic E-state index is 11.1. The first-order chi connectivity index (χ1) is 6.74. The Morgan fingerprint density at radius 1 is 1.43 bits per heavy atom. The van der Waals surface area contributed by atoms with Crippen LogP contribution in [0, 0.1) is 0 Å². The molecule has 1 aromatic carbocycles. The maximum atomic E-state index is 11.1. The Kier molecular flexibility index (Phi) is 1.89. The Balaban J connectivity index is 2.78. The van der Waals surface area contributed by atoms with Crippen LogP contribution in [0.1, 0.15) is 10.4 Å². The Labute approximate surface area is 80.3 Å². The zero-order valence-electron chi connectivity index (χ0n) is 7.61. The second-order valence-electron chi connectivity index (χ2n) is 2.84. The third-order valence-electron chi connectivity index (χ3n) is 2.06. The lowest BCUT2D eigenvalue weighted by molar-refractivity contribution is 0.0997. The van der Waals surface area contributed by atoms with E-state index in [-0.39, 0.29) is 0 Å². The van der Waals surface area contributed by atoms with E-state index in [0.717, 1.165) is 5.39 Å². The van der Waals surface area contributed by atoms with E-state index in [2.05, 4.69) is 0 Å². The molecule has 1 amide bonds. The van der Waals surface area contributed by atoms with Crippen LogP contribution >= 0.6 is 0 Å². The van der Waals surface area contributed by atoms with Gasteiger partial charge in [0.15, 0.2) is 0 Å². The highest BCUT2D eigenvalue weighted by Gasteiger charge is 2.13. The Bertz CT molecular complexity index is 487. The molecule has 0 aliphatic carbocycles. The van der Waals surface area contributed by atoms with Crippen LogP contribution in [-0.4, -0.2) is 13.0 Å². The Morgan fingerprint density at radius 2 is 2.21 bits per heavy atom. The first-order valence-electron chi connectivity index (χ1n) is 4.08. The highest BCUT2D eigenvalue weighted by molar-refractivity contribution is 6.01. The van der Waals surface area contributed by atoms with Gasteiger partial charge in [0.1, 0.15) is 11.3 Å². The number of rotatable bonds is 2. The van der Waals surface area contributed by atoms with E-state index < -0.39 is 5.91 Å². The van der Waals surface area contributed by atoms with Crippen molar-refractivity contribution in [2.45, 2.75) is 0 Å². The number of primary amides is 1. The van der Waals surface area contributed by atoms with Crippen molar-refractivity contribution >= 4 is 16.9 Å². The van der Waals surface area contributed by atoms with Gasteiger partial charge in [-0.1, -0.05) is 0 Å². The predicted molar refractivity (Wildman–Crippen MR) is 51.3 cm³/mol. The first kappa shape index (κ1) is 8.62. The molecule has 14 heavy (non-hydrogen) atoms. The molecule has 0 aliphatic rings. The van der Waals surface area contributed by atoms with Crippen molar-refractivity contribution < 1.29 is 13.9 Å². The summed E-state index contributed by atoms with van der Waals surface area (Å²) < 4.78 is 10.3. The van der Waals surface area contributed by atoms with Gasteiger partial charge in [-0.2, -0.15) is 0 Å². The van der Waals surface area contributed by atoms with Crippen molar-refractivity contribution in [1.82, 2.24) is 0 Å². The average Bonchev–Trinajstić information content (AvgIpc) is 2.63. The number of carbonyl (C=O) groups is 1. The molecule has 1 heterocycles. The molecule has 0 fully saturated rings. The fourth-order valence-electron chi connectivity index (χ4n) is 1.43. The molecule has 0 bridgehead atoms. The molecule has 0 saturated carbocycles. The zero-order chi connectivity index (χ0) is 10.1. The number of fused-ring (bicyclic) bond motifs is 1. The number of ether oxygens (including phenoxy) is 1. The summed E-state index contributed by atoms with van der Waals surface area (Å²) in [5.41, 5.74) is 6.24. The summed E-state index contributed by atoms with van der Waals surface area (Å²) in [5.74, 6) is -0.0475. The summed E-state index contributed by atoms with van der Waals surface area (Å²) in [7, 11) is 1.49. The fourth-order valence-corrected chi connectivity index (χ4v) is 1.43. The van der Waals surface area contributed by atoms with Gasteiger partial charge in [-0.15, -0.1) is 0 Å². The second-order valence-corrected chi connectivity index (χ2v) is 2.84. The van der Waals surface area contributed by atoms with Crippen LogP contribution < -0.4 is 10.5 Å². The Morgan fingerprint density at radius 3 is 2.86 bits per heavy atom. The lowest BCUT2D eigenvalue weighted by atomic mass is 10.1. The molecule has 0 aliphatic heterocycles. The number of nitrogens with two attached hydrogens (primary N) is 1. The highest BCUT2D eigenvalue weighted by atomic mass is 16.5. The van der Waals surface area contributed by atoms with Gasteiger partial charge in [0, 0.05) is 0 Å². The minimum Gasteiger partial charge on any atom is -0.495 e. The van der Waals surface area contributed by atoms with Gasteiger partial charge < -0.3 is 14.9 Å². The van der Waals surface area contributed by atoms with Crippen LogP contribution in [0.5, 0.6) is 5.75 Å². The van der Waals surface area contributed by atoms with Crippen molar-refractivity contribution in [3.63, 3.8) is 0 Å². The van der Waals surface area contributed by atoms with Crippen LogP contribution in [0.4, 0.5) is 0 Å². The minimum atomic E-state index is -0.509. The number of furan rings is 1. The molecular weight excluding hydrogens is 182 g/mol. The van der Waals surface area contributed by atoms with Crippen molar-refractivity contribution in [3.8, 4) is 5.75 Å². The smallest absolute Gasteiger partial charge is 0.252 e. The summed E-state index contributed by atoms with van der Waals surface area (Å²) in [6.45, 7) is 0. The topological polar surface area (TPSA) is 65.5 Å². The summed E-state index contributed by atoms with van der Waals surface area (Å²) in [5, 5.41) is 0.754. The van der Waals surface area contributed by atoms with Crippen LogP contribution in [0.3, 0.4) is 0 Å². The zero-order valence-corrected chi connectivity index (χ0v) is 7.61. The highest BCUT2D eigenvalue weighted by Crippen LogP contribution is 2.29. The number of benzene rings is 1. The summed E-state index contributed by atoms with van der Waals surface area (Å²) in [6, 6.07) is 5.02. The summed E-state index contributed by atoms with van der Waals surface area (Å²) >= 11 is 0. The standard InChI is InChI=1S/C10H9NO3/c1-13-9-6-4-5-14-8(6)3-2-7(9)10(11)12/h2-5H,1H3,(H2,11,12). The Hall–Kier alpha value is -1.97. The predicted octanol–water partition coefficient (Wildman–Crippen LogP) is 1.54. The fraction of sp³-hybridized carbons (Fsp3) is 0.100. The maximum Gasteiger partial charge on any atom is 0.252 e. The molecule has 72 valence electrons. The molecule has 2 aromatic rings. The van der Waals surface area contributed by atoms with E-state index >= 15 is 0 Å². The average molecular weight is 191 g/mol. The lowest BCUT2D eigenvalue weighted by Crippen LogP contribution is -2.12. The van der Waals surface area contributed by atoms with E-state index in [0.29, 0.717) is 16.9 Å². The lowest BCUT2D eigenvalue weighted by Gasteiger charge is -2.05. The number of carbonyl (C=O) groups excluding carboxylic acids is 1. The van der Waals surface area contributed by atoms with Crippen LogP contribution in [0.25, 0.3) is 11.0 Å². The van der Waals surface area contributed by atoms with E-state index in [1.54, 1.807) is 18.2 Å². The molecule has 2 N–H and O–H groups in total. The van der Waals surface area contributed by atoms with E-state index in [1.165, 1.54) is 13.4 Å². The molecule has 4 heteroatoms. The monoisotopic (exact) mass is 191 g/mol. The second kappa shape index (κ2) is 3.06. The van der Waals surface area contributed by atoms with Gasteiger partial charge in [0.2, 0.25) is 0 Å². The number of hydrogen-bond acceptors (Lipinski definition) is 3. The van der Waals surface area contributed by atoms with Crippen LogP contribution in [0.2, 0.25) is 0 Å². The van der Waals surface area contributed by atoms with Gasteiger partial charge in [0.05, 0.1) is 24.3 Å². The number of amides is 1. The third kappa shape index (κ3) is 1.12. The molecule has 0 unspecified atom stereocenters. The molecule has 1 aromatic heterocycles. The largest absolute Gasteiger partial charge is 0.495 e. The van der Waals surface area contributed by atoms with Crippen molar-refractivity contribution in [1.29, 1.82) is 0 Å². The van der Waals surface area contributed by atoms with Gasteiger partial charge in [-0.05, 0) is 18.2 Å². The summed E-state index contributed by atoms with van der Waals surface area (Å²) in [6.07, 6.45) is 1.54. The molecule has 0 radical (unpaired) electrons. The van der Waals surface area contributed by atoms with Gasteiger partial charge in [-0.3, -0.25) is 4.79 Å². The molecule has 0 spiro atoms. The van der Waals surface area contributed by atoms with Gasteiger partial charge >= 0.3 is 0 Å². The summed E-state index contributed by atoms with van der Waals surface area (Å²) in [4.78, 5) is 11.1. The van der Waals surface area contributed by atoms with Crippen molar-refractivity contribution in [2.24, 2.45) is 5.73 Å².